The molecule has 3 rings (SSSR count). The summed E-state index contributed by atoms with van der Waals surface area (Å²) in [6.07, 6.45) is 2.56. The summed E-state index contributed by atoms with van der Waals surface area (Å²) in [5, 5.41) is 2.76. The van der Waals surface area contributed by atoms with Gasteiger partial charge in [-0.3, -0.25) is 14.5 Å². The molecule has 0 unspecified atom stereocenters. The van der Waals surface area contributed by atoms with E-state index >= 15 is 0 Å². The molecule has 150 valence electrons. The van der Waals surface area contributed by atoms with Gasteiger partial charge in [-0.1, -0.05) is 25.1 Å². The SMILES string of the molecule is CCc1ccccc1N(C(C)=O)c1nc(C[NH+]2CCC(C(=O)OC)CC2)cs1. The smallest absolute Gasteiger partial charge is 0.309 e. The normalized spacial score (nSPS) is 19.2. The summed E-state index contributed by atoms with van der Waals surface area (Å²) in [7, 11) is 1.45. The van der Waals surface area contributed by atoms with Crippen LogP contribution < -0.4 is 9.80 Å². The average molecular weight is 403 g/mol. The highest BCUT2D eigenvalue weighted by Crippen LogP contribution is 2.31. The van der Waals surface area contributed by atoms with E-state index in [1.165, 1.54) is 23.3 Å². The van der Waals surface area contributed by atoms with Crippen molar-refractivity contribution in [2.24, 2.45) is 5.92 Å². The number of anilines is 2. The number of esters is 1. The van der Waals surface area contributed by atoms with Crippen molar-refractivity contribution in [1.29, 1.82) is 0 Å². The second-order valence-corrected chi connectivity index (χ2v) is 8.02. The zero-order valence-electron chi connectivity index (χ0n) is 16.7. The van der Waals surface area contributed by atoms with E-state index in [1.807, 2.05) is 23.6 Å². The second-order valence-electron chi connectivity index (χ2n) is 7.18. The summed E-state index contributed by atoms with van der Waals surface area (Å²) in [6, 6.07) is 7.98. The minimum absolute atomic E-state index is 0.0264. The van der Waals surface area contributed by atoms with Crippen LogP contribution in [0, 0.1) is 5.92 Å². The Bertz CT molecular complexity index is 828. The number of aromatic nitrogens is 1. The Morgan fingerprint density at radius 1 is 1.29 bits per heavy atom. The topological polar surface area (TPSA) is 63.9 Å². The number of amides is 1. The van der Waals surface area contributed by atoms with Crippen molar-refractivity contribution in [3.05, 3.63) is 40.9 Å². The molecule has 0 spiro atoms. The Kier molecular flexibility index (Phi) is 6.80. The maximum absolute atomic E-state index is 12.4. The third kappa shape index (κ3) is 4.59. The molecule has 1 aromatic heterocycles. The Morgan fingerprint density at radius 3 is 2.64 bits per heavy atom. The fourth-order valence-electron chi connectivity index (χ4n) is 3.78. The number of hydrogen-bond acceptors (Lipinski definition) is 5. The number of thiazole rings is 1. The highest BCUT2D eigenvalue weighted by Gasteiger charge is 2.29. The third-order valence-electron chi connectivity index (χ3n) is 5.32. The Morgan fingerprint density at radius 2 is 2.00 bits per heavy atom. The molecular formula is C21H28N3O3S+. The van der Waals surface area contributed by atoms with Gasteiger partial charge in [-0.15, -0.1) is 11.3 Å². The summed E-state index contributed by atoms with van der Waals surface area (Å²) in [5.41, 5.74) is 3.03. The van der Waals surface area contributed by atoms with Crippen LogP contribution in [0.3, 0.4) is 0 Å². The van der Waals surface area contributed by atoms with Crippen LogP contribution in [0.5, 0.6) is 0 Å². The number of rotatable bonds is 6. The van der Waals surface area contributed by atoms with Crippen molar-refractivity contribution in [3.63, 3.8) is 0 Å². The molecule has 0 bridgehead atoms. The molecule has 0 aliphatic carbocycles. The summed E-state index contributed by atoms with van der Waals surface area (Å²) >= 11 is 1.50. The lowest BCUT2D eigenvalue weighted by molar-refractivity contribution is -0.919. The Labute approximate surface area is 170 Å². The third-order valence-corrected chi connectivity index (χ3v) is 6.19. The monoisotopic (exact) mass is 402 g/mol. The molecule has 1 amide bonds. The van der Waals surface area contributed by atoms with Gasteiger partial charge in [-0.25, -0.2) is 4.98 Å². The molecule has 2 heterocycles. The first-order valence-electron chi connectivity index (χ1n) is 9.77. The molecule has 0 atom stereocenters. The van der Waals surface area contributed by atoms with Gasteiger partial charge in [0.05, 0.1) is 31.8 Å². The fourth-order valence-corrected chi connectivity index (χ4v) is 4.66. The van der Waals surface area contributed by atoms with E-state index in [0.717, 1.165) is 55.8 Å². The molecule has 7 heteroatoms. The number of nitrogens with zero attached hydrogens (tertiary/aromatic N) is 2. The Hall–Kier alpha value is -2.25. The number of quaternary nitrogens is 1. The van der Waals surface area contributed by atoms with Crippen molar-refractivity contribution in [2.45, 2.75) is 39.7 Å². The molecule has 1 aromatic carbocycles. The van der Waals surface area contributed by atoms with Crippen LogP contribution in [-0.4, -0.2) is 37.1 Å². The first-order valence-corrected chi connectivity index (χ1v) is 10.7. The number of nitrogens with one attached hydrogen (secondary N) is 1. The van der Waals surface area contributed by atoms with Crippen molar-refractivity contribution in [2.75, 3.05) is 25.1 Å². The number of carbonyl (C=O) groups excluding carboxylic acids is 2. The lowest BCUT2D eigenvalue weighted by Gasteiger charge is -2.27. The van der Waals surface area contributed by atoms with E-state index in [9.17, 15) is 9.59 Å². The zero-order valence-corrected chi connectivity index (χ0v) is 17.6. The summed E-state index contributed by atoms with van der Waals surface area (Å²) in [5.74, 6) is -0.104. The van der Waals surface area contributed by atoms with Crippen LogP contribution in [0.4, 0.5) is 10.8 Å². The molecule has 1 aliphatic heterocycles. The van der Waals surface area contributed by atoms with Crippen molar-refractivity contribution in [3.8, 4) is 0 Å². The molecule has 6 nitrogen and oxygen atoms in total. The molecule has 2 aromatic rings. The molecule has 1 saturated heterocycles. The summed E-state index contributed by atoms with van der Waals surface area (Å²) in [6.45, 7) is 6.34. The van der Waals surface area contributed by atoms with E-state index in [4.69, 9.17) is 9.72 Å². The van der Waals surface area contributed by atoms with Crippen molar-refractivity contribution in [1.82, 2.24) is 4.98 Å². The summed E-state index contributed by atoms with van der Waals surface area (Å²) < 4.78 is 4.86. The van der Waals surface area contributed by atoms with Gasteiger partial charge >= 0.3 is 5.97 Å². The highest BCUT2D eigenvalue weighted by molar-refractivity contribution is 7.14. The minimum atomic E-state index is -0.0957. The van der Waals surface area contributed by atoms with Gasteiger partial charge in [0, 0.05) is 25.1 Å². The molecule has 1 N–H and O–H groups in total. The number of para-hydroxylation sites is 1. The number of likely N-dealkylation sites (tertiary alicyclic amines) is 1. The predicted octanol–water partition coefficient (Wildman–Crippen LogP) is 2.36. The first kappa shape index (κ1) is 20.5. The van der Waals surface area contributed by atoms with Gasteiger partial charge < -0.3 is 9.64 Å². The maximum atomic E-state index is 12.4. The number of ether oxygens (including phenoxy) is 1. The van der Waals surface area contributed by atoms with Crippen LogP contribution in [0.15, 0.2) is 29.6 Å². The predicted molar refractivity (Wildman–Crippen MR) is 110 cm³/mol. The maximum Gasteiger partial charge on any atom is 0.309 e. The van der Waals surface area contributed by atoms with Crippen LogP contribution in [0.25, 0.3) is 0 Å². The van der Waals surface area contributed by atoms with E-state index in [1.54, 1.807) is 11.8 Å². The van der Waals surface area contributed by atoms with Crippen LogP contribution in [-0.2, 0) is 27.3 Å². The average Bonchev–Trinajstić information content (AvgIpc) is 3.16. The van der Waals surface area contributed by atoms with Gasteiger partial charge in [-0.05, 0) is 18.1 Å². The second kappa shape index (κ2) is 9.30. The van der Waals surface area contributed by atoms with Crippen molar-refractivity contribution < 1.29 is 19.2 Å². The van der Waals surface area contributed by atoms with E-state index in [-0.39, 0.29) is 17.8 Å². The fraction of sp³-hybridized carbons (Fsp3) is 0.476. The number of benzene rings is 1. The first-order chi connectivity index (χ1) is 13.5. The highest BCUT2D eigenvalue weighted by atomic mass is 32.1. The molecule has 1 aliphatic rings. The number of methoxy groups -OCH3 is 1. The van der Waals surface area contributed by atoms with Gasteiger partial charge in [-0.2, -0.15) is 0 Å². The van der Waals surface area contributed by atoms with Crippen LogP contribution in [0.2, 0.25) is 0 Å². The van der Waals surface area contributed by atoms with Gasteiger partial charge in [0.15, 0.2) is 5.13 Å². The van der Waals surface area contributed by atoms with Gasteiger partial charge in [0.1, 0.15) is 12.2 Å². The van der Waals surface area contributed by atoms with Gasteiger partial charge in [0.25, 0.3) is 0 Å². The van der Waals surface area contributed by atoms with Crippen LogP contribution >= 0.6 is 11.3 Å². The van der Waals surface area contributed by atoms with E-state index in [2.05, 4.69) is 13.0 Å². The standard InChI is InChI=1S/C21H27N3O3S/c1-4-16-7-5-6-8-19(16)24(15(2)25)21-22-18(14-28-21)13-23-11-9-17(10-12-23)20(26)27-3/h5-8,14,17H,4,9-13H2,1-3H3/p+1. The lowest BCUT2D eigenvalue weighted by atomic mass is 9.97. The van der Waals surface area contributed by atoms with E-state index < -0.39 is 0 Å². The Balaban J connectivity index is 1.70. The molecule has 0 radical (unpaired) electrons. The van der Waals surface area contributed by atoms with E-state index in [0.29, 0.717) is 5.13 Å². The zero-order chi connectivity index (χ0) is 20.1. The minimum Gasteiger partial charge on any atom is -0.469 e. The van der Waals surface area contributed by atoms with Crippen molar-refractivity contribution >= 4 is 34.0 Å². The molecule has 28 heavy (non-hydrogen) atoms. The molecule has 0 saturated carbocycles. The van der Waals surface area contributed by atoms with Gasteiger partial charge in [0.2, 0.25) is 5.91 Å². The molecule has 1 fully saturated rings. The lowest BCUT2D eigenvalue weighted by Crippen LogP contribution is -3.11. The quantitative estimate of drug-likeness (QED) is 0.754. The largest absolute Gasteiger partial charge is 0.469 e. The number of piperidine rings is 1. The molecular weight excluding hydrogens is 374 g/mol. The number of carbonyl (C=O) groups is 2. The van der Waals surface area contributed by atoms with Crippen LogP contribution in [0.1, 0.15) is 37.9 Å². The number of aryl methyl sites for hydroxylation is 1. The number of hydrogen-bond donors (Lipinski definition) is 1. The summed E-state index contributed by atoms with van der Waals surface area (Å²) in [4.78, 5) is 32.0.